The summed E-state index contributed by atoms with van der Waals surface area (Å²) < 4.78 is 25.3. The third kappa shape index (κ3) is 2.95. The van der Waals surface area contributed by atoms with Gasteiger partial charge in [0.15, 0.2) is 17.4 Å². The molecule has 0 unspecified atom stereocenters. The lowest BCUT2D eigenvalue weighted by Gasteiger charge is -1.97. The molecule has 0 heterocycles. The average Bonchev–Trinajstić information content (AvgIpc) is 2.13. The van der Waals surface area contributed by atoms with Crippen LogP contribution in [0.5, 0.6) is 5.75 Å². The molecule has 5 heteroatoms. The van der Waals surface area contributed by atoms with Crippen LogP contribution in [0, 0.1) is 23.5 Å². The summed E-state index contributed by atoms with van der Waals surface area (Å²) in [6.45, 7) is 0. The summed E-state index contributed by atoms with van der Waals surface area (Å²) in [7, 11) is 0. The van der Waals surface area contributed by atoms with Crippen molar-refractivity contribution in [2.45, 2.75) is 6.42 Å². The van der Waals surface area contributed by atoms with Crippen LogP contribution in [0.4, 0.5) is 8.78 Å². The van der Waals surface area contributed by atoms with Crippen LogP contribution in [-0.4, -0.2) is 16.2 Å². The van der Waals surface area contributed by atoms with Crippen LogP contribution in [0.15, 0.2) is 12.1 Å². The molecule has 0 amide bonds. The summed E-state index contributed by atoms with van der Waals surface area (Å²) in [5.74, 6) is -0.0315. The van der Waals surface area contributed by atoms with Crippen molar-refractivity contribution in [3.8, 4) is 17.6 Å². The van der Waals surface area contributed by atoms with Gasteiger partial charge in [-0.2, -0.15) is 4.39 Å². The first-order valence-corrected chi connectivity index (χ1v) is 3.89. The largest absolute Gasteiger partial charge is 0.505 e. The lowest BCUT2D eigenvalue weighted by Crippen LogP contribution is -1.91. The first kappa shape index (κ1) is 11.0. The number of halogens is 2. The smallest absolute Gasteiger partial charge is 0.315 e. The van der Waals surface area contributed by atoms with Gasteiger partial charge < -0.3 is 10.2 Å². The van der Waals surface area contributed by atoms with Crippen molar-refractivity contribution in [2.24, 2.45) is 0 Å². The van der Waals surface area contributed by atoms with Crippen LogP contribution in [0.25, 0.3) is 0 Å². The van der Waals surface area contributed by atoms with Gasteiger partial charge in [0.05, 0.1) is 0 Å². The van der Waals surface area contributed by atoms with Crippen LogP contribution < -0.4 is 0 Å². The van der Waals surface area contributed by atoms with Gasteiger partial charge in [-0.05, 0) is 12.1 Å². The molecule has 0 aliphatic carbocycles. The predicted octanol–water partition coefficient (Wildman–Crippen LogP) is 1.50. The number of carboxylic acids is 1. The van der Waals surface area contributed by atoms with Gasteiger partial charge >= 0.3 is 5.97 Å². The Morgan fingerprint density at radius 3 is 2.60 bits per heavy atom. The molecule has 3 nitrogen and oxygen atoms in total. The zero-order valence-corrected chi connectivity index (χ0v) is 7.42. The van der Waals surface area contributed by atoms with E-state index in [4.69, 9.17) is 10.2 Å². The molecular formula is C10H6F2O3. The molecule has 1 rings (SSSR count). The number of rotatable bonds is 1. The molecule has 0 aromatic heterocycles. The van der Waals surface area contributed by atoms with E-state index in [2.05, 4.69) is 11.8 Å². The highest BCUT2D eigenvalue weighted by atomic mass is 19.2. The molecule has 0 radical (unpaired) electrons. The molecule has 15 heavy (non-hydrogen) atoms. The second-order valence-electron chi connectivity index (χ2n) is 2.66. The quantitative estimate of drug-likeness (QED) is 0.693. The van der Waals surface area contributed by atoms with Crippen molar-refractivity contribution >= 4 is 5.97 Å². The Bertz CT molecular complexity index is 434. The maximum Gasteiger partial charge on any atom is 0.315 e. The summed E-state index contributed by atoms with van der Waals surface area (Å²) in [5, 5.41) is 17.1. The fourth-order valence-electron chi connectivity index (χ4n) is 0.869. The molecule has 1 aromatic carbocycles. The van der Waals surface area contributed by atoms with Gasteiger partial charge in [-0.3, -0.25) is 4.79 Å². The number of hydrogen-bond donors (Lipinski definition) is 2. The Hall–Kier alpha value is -2.09. The van der Waals surface area contributed by atoms with Crippen molar-refractivity contribution < 1.29 is 23.8 Å². The average molecular weight is 212 g/mol. The highest BCUT2D eigenvalue weighted by Crippen LogP contribution is 2.19. The molecule has 0 aliphatic heterocycles. The van der Waals surface area contributed by atoms with Gasteiger partial charge in [-0.25, -0.2) is 4.39 Å². The Morgan fingerprint density at radius 1 is 1.40 bits per heavy atom. The molecule has 0 spiro atoms. The SMILES string of the molecule is O=C(O)CC#Cc1cc(O)c(F)c(F)c1. The molecule has 0 atom stereocenters. The molecule has 0 saturated heterocycles. The Labute approximate surface area is 84.0 Å². The number of carboxylic acid groups (broad SMARTS) is 1. The lowest BCUT2D eigenvalue weighted by atomic mass is 10.2. The number of carbonyl (C=O) groups is 1. The third-order valence-corrected chi connectivity index (χ3v) is 1.48. The van der Waals surface area contributed by atoms with E-state index in [0.717, 1.165) is 12.1 Å². The van der Waals surface area contributed by atoms with E-state index in [1.54, 1.807) is 0 Å². The van der Waals surface area contributed by atoms with Crippen LogP contribution in [0.2, 0.25) is 0 Å². The number of aliphatic carboxylic acids is 1. The molecule has 1 aromatic rings. The molecule has 0 bridgehead atoms. The van der Waals surface area contributed by atoms with E-state index in [9.17, 15) is 13.6 Å². The van der Waals surface area contributed by atoms with E-state index < -0.39 is 29.8 Å². The Morgan fingerprint density at radius 2 is 2.07 bits per heavy atom. The zero-order valence-electron chi connectivity index (χ0n) is 7.42. The number of hydrogen-bond acceptors (Lipinski definition) is 2. The second-order valence-corrected chi connectivity index (χ2v) is 2.66. The van der Waals surface area contributed by atoms with Gasteiger partial charge in [0.2, 0.25) is 0 Å². The number of phenols is 1. The van der Waals surface area contributed by atoms with E-state index in [0.29, 0.717) is 0 Å². The fourth-order valence-corrected chi connectivity index (χ4v) is 0.869. The summed E-state index contributed by atoms with van der Waals surface area (Å²) in [4.78, 5) is 10.1. The highest BCUT2D eigenvalue weighted by Gasteiger charge is 2.08. The Kier molecular flexibility index (Phi) is 3.24. The van der Waals surface area contributed by atoms with Gasteiger partial charge in [0.25, 0.3) is 0 Å². The van der Waals surface area contributed by atoms with E-state index in [1.165, 1.54) is 0 Å². The Balaban J connectivity index is 2.95. The monoisotopic (exact) mass is 212 g/mol. The fraction of sp³-hybridized carbons (Fsp3) is 0.100. The van der Waals surface area contributed by atoms with Crippen molar-refractivity contribution in [2.75, 3.05) is 0 Å². The summed E-state index contributed by atoms with van der Waals surface area (Å²) in [5.41, 5.74) is 0.0210. The summed E-state index contributed by atoms with van der Waals surface area (Å²) in [6, 6.07) is 1.71. The predicted molar refractivity (Wildman–Crippen MR) is 47.2 cm³/mol. The van der Waals surface area contributed by atoms with Crippen molar-refractivity contribution in [3.05, 3.63) is 29.3 Å². The first-order valence-electron chi connectivity index (χ1n) is 3.89. The minimum absolute atomic E-state index is 0.0210. The second kappa shape index (κ2) is 4.42. The zero-order chi connectivity index (χ0) is 11.4. The molecule has 78 valence electrons. The van der Waals surface area contributed by atoms with Crippen LogP contribution in [-0.2, 0) is 4.79 Å². The minimum Gasteiger partial charge on any atom is -0.505 e. The molecule has 2 N–H and O–H groups in total. The topological polar surface area (TPSA) is 57.5 Å². The van der Waals surface area contributed by atoms with Gasteiger partial charge in [0.1, 0.15) is 6.42 Å². The standard InChI is InChI=1S/C10H6F2O3/c11-7-4-6(2-1-3-9(14)15)5-8(13)10(7)12/h4-5,13H,3H2,(H,14,15). The van der Waals surface area contributed by atoms with E-state index in [1.807, 2.05) is 0 Å². The number of aromatic hydroxyl groups is 1. The maximum absolute atomic E-state index is 12.7. The normalized spacial score (nSPS) is 9.20. The molecule has 0 fully saturated rings. The van der Waals surface area contributed by atoms with Crippen LogP contribution >= 0.6 is 0 Å². The van der Waals surface area contributed by atoms with Gasteiger partial charge in [-0.15, -0.1) is 0 Å². The molecular weight excluding hydrogens is 206 g/mol. The van der Waals surface area contributed by atoms with Crippen molar-refractivity contribution in [1.82, 2.24) is 0 Å². The van der Waals surface area contributed by atoms with Crippen molar-refractivity contribution in [1.29, 1.82) is 0 Å². The molecule has 0 aliphatic rings. The third-order valence-electron chi connectivity index (χ3n) is 1.48. The maximum atomic E-state index is 12.7. The van der Waals surface area contributed by atoms with Crippen LogP contribution in [0.1, 0.15) is 12.0 Å². The molecule has 0 saturated carbocycles. The van der Waals surface area contributed by atoms with Gasteiger partial charge in [0, 0.05) is 5.56 Å². The number of phenolic OH excluding ortho intramolecular Hbond substituents is 1. The number of benzene rings is 1. The van der Waals surface area contributed by atoms with Gasteiger partial charge in [-0.1, -0.05) is 11.8 Å². The van der Waals surface area contributed by atoms with E-state index >= 15 is 0 Å². The lowest BCUT2D eigenvalue weighted by molar-refractivity contribution is -0.135. The highest BCUT2D eigenvalue weighted by molar-refractivity contribution is 5.70. The van der Waals surface area contributed by atoms with Crippen LogP contribution in [0.3, 0.4) is 0 Å². The summed E-state index contributed by atoms with van der Waals surface area (Å²) in [6.07, 6.45) is -0.403. The van der Waals surface area contributed by atoms with Crippen molar-refractivity contribution in [3.63, 3.8) is 0 Å². The summed E-state index contributed by atoms with van der Waals surface area (Å²) >= 11 is 0. The van der Waals surface area contributed by atoms with E-state index in [-0.39, 0.29) is 5.56 Å². The minimum atomic E-state index is -1.35. The first-order chi connectivity index (χ1) is 7.00.